The normalized spacial score (nSPS) is 19.1. The summed E-state index contributed by atoms with van der Waals surface area (Å²) < 4.78 is 0. The predicted molar refractivity (Wildman–Crippen MR) is 64.9 cm³/mol. The molecule has 3 rings (SSSR count). The molecule has 0 saturated carbocycles. The smallest absolute Gasteiger partial charge is 0.315 e. The van der Waals surface area contributed by atoms with Gasteiger partial charge in [-0.3, -0.25) is 0 Å². The summed E-state index contributed by atoms with van der Waals surface area (Å²) in [6.07, 6.45) is 0. The van der Waals surface area contributed by atoms with Crippen molar-refractivity contribution in [3.05, 3.63) is 42.0 Å². The van der Waals surface area contributed by atoms with Crippen LogP contribution in [0.1, 0.15) is 11.6 Å². The number of carbonyl (C=O) groups excluding carboxylic acids is 1. The van der Waals surface area contributed by atoms with Crippen molar-refractivity contribution in [3.63, 3.8) is 0 Å². The summed E-state index contributed by atoms with van der Waals surface area (Å²) in [5.41, 5.74) is 1.07. The minimum atomic E-state index is -0.124. The molecule has 1 fully saturated rings. The van der Waals surface area contributed by atoms with Crippen molar-refractivity contribution >= 4 is 16.8 Å². The third-order valence-corrected chi connectivity index (χ3v) is 3.02. The lowest BCUT2D eigenvalue weighted by molar-refractivity contribution is 0.247. The van der Waals surface area contributed by atoms with Crippen LogP contribution in [0.25, 0.3) is 10.8 Å². The van der Waals surface area contributed by atoms with Gasteiger partial charge in [-0.15, -0.1) is 0 Å². The van der Waals surface area contributed by atoms with E-state index in [1.54, 1.807) is 12.1 Å². The Morgan fingerprint density at radius 1 is 1.12 bits per heavy atom. The Bertz CT molecular complexity index is 595. The molecule has 86 valence electrons. The Balaban J connectivity index is 2.02. The lowest BCUT2D eigenvalue weighted by Gasteiger charge is -2.10. The van der Waals surface area contributed by atoms with Crippen LogP contribution >= 0.6 is 0 Å². The Kier molecular flexibility index (Phi) is 2.14. The number of nitrogens with one attached hydrogen (secondary N) is 2. The number of benzene rings is 2. The van der Waals surface area contributed by atoms with Gasteiger partial charge < -0.3 is 15.7 Å². The van der Waals surface area contributed by atoms with Crippen LogP contribution in [0.5, 0.6) is 5.75 Å². The fourth-order valence-corrected chi connectivity index (χ4v) is 2.12. The van der Waals surface area contributed by atoms with Gasteiger partial charge in [0.1, 0.15) is 5.75 Å². The van der Waals surface area contributed by atoms with Crippen LogP contribution in [0.2, 0.25) is 0 Å². The average molecular weight is 228 g/mol. The van der Waals surface area contributed by atoms with Gasteiger partial charge in [-0.2, -0.15) is 0 Å². The predicted octanol–water partition coefficient (Wildman–Crippen LogP) is 1.90. The number of carbonyl (C=O) groups is 1. The average Bonchev–Trinajstić information content (AvgIpc) is 2.75. The molecule has 3 N–H and O–H groups in total. The van der Waals surface area contributed by atoms with E-state index in [0.29, 0.717) is 6.54 Å². The molecule has 0 spiro atoms. The van der Waals surface area contributed by atoms with Crippen molar-refractivity contribution in [2.75, 3.05) is 6.54 Å². The fraction of sp³-hybridized carbons (Fsp3) is 0.154. The molecule has 4 nitrogen and oxygen atoms in total. The van der Waals surface area contributed by atoms with E-state index in [0.717, 1.165) is 16.3 Å². The zero-order valence-electron chi connectivity index (χ0n) is 9.10. The first kappa shape index (κ1) is 9.96. The quantitative estimate of drug-likeness (QED) is 0.698. The van der Waals surface area contributed by atoms with Gasteiger partial charge in [-0.25, -0.2) is 4.79 Å². The highest BCUT2D eigenvalue weighted by molar-refractivity contribution is 5.85. The summed E-state index contributed by atoms with van der Waals surface area (Å²) in [5, 5.41) is 17.0. The Labute approximate surface area is 98.3 Å². The van der Waals surface area contributed by atoms with Crippen molar-refractivity contribution < 1.29 is 9.90 Å². The second kappa shape index (κ2) is 3.66. The SMILES string of the molecule is O=C1NC[C@H](c2ccc3cc(O)ccc3c2)N1. The molecule has 2 aromatic carbocycles. The maximum atomic E-state index is 11.1. The van der Waals surface area contributed by atoms with Crippen molar-refractivity contribution in [2.45, 2.75) is 6.04 Å². The van der Waals surface area contributed by atoms with E-state index < -0.39 is 0 Å². The largest absolute Gasteiger partial charge is 0.508 e. The van der Waals surface area contributed by atoms with E-state index >= 15 is 0 Å². The minimum Gasteiger partial charge on any atom is -0.508 e. The van der Waals surface area contributed by atoms with Crippen molar-refractivity contribution in [3.8, 4) is 5.75 Å². The molecule has 1 heterocycles. The highest BCUT2D eigenvalue weighted by Crippen LogP contribution is 2.24. The molecule has 1 aliphatic heterocycles. The second-order valence-corrected chi connectivity index (χ2v) is 4.20. The van der Waals surface area contributed by atoms with Gasteiger partial charge >= 0.3 is 6.03 Å². The van der Waals surface area contributed by atoms with Gasteiger partial charge in [0, 0.05) is 6.54 Å². The van der Waals surface area contributed by atoms with Crippen LogP contribution in [-0.2, 0) is 0 Å². The lowest BCUT2D eigenvalue weighted by Crippen LogP contribution is -2.21. The van der Waals surface area contributed by atoms with E-state index in [1.807, 2.05) is 24.3 Å². The highest BCUT2D eigenvalue weighted by atomic mass is 16.3. The molecular weight excluding hydrogens is 216 g/mol. The van der Waals surface area contributed by atoms with Gasteiger partial charge in [0.15, 0.2) is 0 Å². The summed E-state index contributed by atoms with van der Waals surface area (Å²) in [6.45, 7) is 0.614. The zero-order chi connectivity index (χ0) is 11.8. The lowest BCUT2D eigenvalue weighted by atomic mass is 10.0. The van der Waals surface area contributed by atoms with Crippen LogP contribution in [-0.4, -0.2) is 17.7 Å². The first-order valence-electron chi connectivity index (χ1n) is 5.49. The molecule has 0 bridgehead atoms. The Morgan fingerprint density at radius 2 is 1.88 bits per heavy atom. The van der Waals surface area contributed by atoms with Crippen LogP contribution in [0.3, 0.4) is 0 Å². The summed E-state index contributed by atoms with van der Waals surface area (Å²) in [6, 6.07) is 11.1. The molecule has 0 unspecified atom stereocenters. The Hall–Kier alpha value is -2.23. The summed E-state index contributed by atoms with van der Waals surface area (Å²) in [5.74, 6) is 0.265. The van der Waals surface area contributed by atoms with Gasteiger partial charge in [-0.05, 0) is 34.5 Å². The first-order valence-corrected chi connectivity index (χ1v) is 5.49. The summed E-state index contributed by atoms with van der Waals surface area (Å²) >= 11 is 0. The molecule has 17 heavy (non-hydrogen) atoms. The molecule has 4 heteroatoms. The zero-order valence-corrected chi connectivity index (χ0v) is 9.10. The summed E-state index contributed by atoms with van der Waals surface area (Å²) in [4.78, 5) is 11.1. The number of aromatic hydroxyl groups is 1. The van der Waals surface area contributed by atoms with Crippen LogP contribution in [0, 0.1) is 0 Å². The molecular formula is C13H12N2O2. The molecule has 1 atom stereocenters. The van der Waals surface area contributed by atoms with Gasteiger partial charge in [0.2, 0.25) is 0 Å². The molecule has 0 radical (unpaired) electrons. The van der Waals surface area contributed by atoms with E-state index in [4.69, 9.17) is 0 Å². The first-order chi connectivity index (χ1) is 8.22. The number of phenols is 1. The molecule has 1 saturated heterocycles. The molecule has 1 aliphatic rings. The number of hydrogen-bond acceptors (Lipinski definition) is 2. The number of phenolic OH excluding ortho intramolecular Hbond substituents is 1. The number of urea groups is 1. The maximum absolute atomic E-state index is 11.1. The van der Waals surface area contributed by atoms with Crippen molar-refractivity contribution in [1.82, 2.24) is 10.6 Å². The van der Waals surface area contributed by atoms with E-state index in [-0.39, 0.29) is 17.8 Å². The van der Waals surface area contributed by atoms with E-state index in [1.165, 1.54) is 0 Å². The minimum absolute atomic E-state index is 0.0284. The van der Waals surface area contributed by atoms with Crippen LogP contribution in [0.4, 0.5) is 4.79 Å². The van der Waals surface area contributed by atoms with Crippen LogP contribution < -0.4 is 10.6 Å². The van der Waals surface area contributed by atoms with E-state index in [2.05, 4.69) is 10.6 Å². The molecule has 0 aromatic heterocycles. The number of rotatable bonds is 1. The number of hydrogen-bond donors (Lipinski definition) is 3. The standard InChI is InChI=1S/C13H12N2O2/c16-11-4-3-8-5-10(2-1-9(8)6-11)12-7-14-13(17)15-12/h1-6,12,16H,7H2,(H2,14,15,17)/t12-/m1/s1. The number of amides is 2. The summed E-state index contributed by atoms with van der Waals surface area (Å²) in [7, 11) is 0. The Morgan fingerprint density at radius 3 is 2.65 bits per heavy atom. The molecule has 2 amide bonds. The molecule has 2 aromatic rings. The van der Waals surface area contributed by atoms with E-state index in [9.17, 15) is 9.90 Å². The van der Waals surface area contributed by atoms with Crippen molar-refractivity contribution in [2.24, 2.45) is 0 Å². The third-order valence-electron chi connectivity index (χ3n) is 3.02. The topological polar surface area (TPSA) is 61.4 Å². The third kappa shape index (κ3) is 1.78. The second-order valence-electron chi connectivity index (χ2n) is 4.20. The number of fused-ring (bicyclic) bond motifs is 1. The van der Waals surface area contributed by atoms with Gasteiger partial charge in [-0.1, -0.05) is 18.2 Å². The monoisotopic (exact) mass is 228 g/mol. The van der Waals surface area contributed by atoms with Crippen LogP contribution in [0.15, 0.2) is 36.4 Å². The van der Waals surface area contributed by atoms with Crippen molar-refractivity contribution in [1.29, 1.82) is 0 Å². The maximum Gasteiger partial charge on any atom is 0.315 e. The highest BCUT2D eigenvalue weighted by Gasteiger charge is 2.21. The fourth-order valence-electron chi connectivity index (χ4n) is 2.12. The van der Waals surface area contributed by atoms with Gasteiger partial charge in [0.25, 0.3) is 0 Å². The molecule has 0 aliphatic carbocycles. The van der Waals surface area contributed by atoms with Gasteiger partial charge in [0.05, 0.1) is 6.04 Å².